The molecule has 166 valence electrons. The van der Waals surface area contributed by atoms with Gasteiger partial charge in [-0.3, -0.25) is 4.79 Å². The predicted molar refractivity (Wildman–Crippen MR) is 124 cm³/mol. The lowest BCUT2D eigenvalue weighted by Crippen LogP contribution is -2.24. The number of hydrogen-bond donors (Lipinski definition) is 0. The van der Waals surface area contributed by atoms with Gasteiger partial charge in [0.25, 0.3) is 0 Å². The number of carbonyl (C=O) groups excluding carboxylic acids is 1. The van der Waals surface area contributed by atoms with Gasteiger partial charge in [0.2, 0.25) is 5.91 Å². The summed E-state index contributed by atoms with van der Waals surface area (Å²) >= 11 is 6.59. The molecule has 2 heterocycles. The van der Waals surface area contributed by atoms with Crippen LogP contribution in [0.3, 0.4) is 0 Å². The quantitative estimate of drug-likeness (QED) is 0.491. The molecule has 3 aromatic rings. The highest BCUT2D eigenvalue weighted by Gasteiger charge is 2.33. The molecule has 0 N–H and O–H groups in total. The minimum absolute atomic E-state index is 0.173. The minimum atomic E-state index is -0.355. The number of amides is 1. The van der Waals surface area contributed by atoms with Crippen molar-refractivity contribution < 1.29 is 19.0 Å². The smallest absolute Gasteiger partial charge is 0.240 e. The van der Waals surface area contributed by atoms with Crippen LogP contribution in [0, 0.1) is 0 Å². The summed E-state index contributed by atoms with van der Waals surface area (Å²) < 4.78 is 16.3. The Kier molecular flexibility index (Phi) is 6.19. The van der Waals surface area contributed by atoms with Crippen LogP contribution in [0.2, 0.25) is 5.15 Å². The maximum Gasteiger partial charge on any atom is 0.240 e. The SMILES string of the molecule is CCOc1ccc2cc([C@@H]3CC(c4ccc(OC)c(OC)c4)=NN3C(C)=O)c(Cl)nc2c1. The number of fused-ring (bicyclic) bond motifs is 1. The molecule has 0 aliphatic carbocycles. The topological polar surface area (TPSA) is 73.2 Å². The maximum absolute atomic E-state index is 12.4. The fourth-order valence-corrected chi connectivity index (χ4v) is 4.13. The van der Waals surface area contributed by atoms with Crippen LogP contribution in [0.1, 0.15) is 37.4 Å². The van der Waals surface area contributed by atoms with E-state index < -0.39 is 0 Å². The van der Waals surface area contributed by atoms with Crippen molar-refractivity contribution in [3.8, 4) is 17.2 Å². The summed E-state index contributed by atoms with van der Waals surface area (Å²) in [7, 11) is 3.17. The molecule has 1 amide bonds. The van der Waals surface area contributed by atoms with Gasteiger partial charge in [0.15, 0.2) is 11.5 Å². The van der Waals surface area contributed by atoms with Gasteiger partial charge in [-0.2, -0.15) is 5.10 Å². The largest absolute Gasteiger partial charge is 0.494 e. The van der Waals surface area contributed by atoms with Crippen LogP contribution in [0.25, 0.3) is 10.9 Å². The van der Waals surface area contributed by atoms with Crippen molar-refractivity contribution in [2.45, 2.75) is 26.3 Å². The average Bonchev–Trinajstić information content (AvgIpc) is 3.24. The first-order valence-corrected chi connectivity index (χ1v) is 10.7. The van der Waals surface area contributed by atoms with E-state index >= 15 is 0 Å². The van der Waals surface area contributed by atoms with Gasteiger partial charge in [0.1, 0.15) is 10.9 Å². The molecule has 0 saturated carbocycles. The van der Waals surface area contributed by atoms with Gasteiger partial charge in [-0.25, -0.2) is 9.99 Å². The molecular weight excluding hydrogens is 430 g/mol. The van der Waals surface area contributed by atoms with E-state index in [1.54, 1.807) is 14.2 Å². The number of pyridine rings is 1. The van der Waals surface area contributed by atoms with Crippen molar-refractivity contribution in [1.82, 2.24) is 9.99 Å². The Morgan fingerprint density at radius 3 is 2.59 bits per heavy atom. The van der Waals surface area contributed by atoms with E-state index in [0.717, 1.165) is 33.5 Å². The Morgan fingerprint density at radius 1 is 1.12 bits per heavy atom. The number of hydrogen-bond acceptors (Lipinski definition) is 6. The zero-order valence-electron chi connectivity index (χ0n) is 18.4. The second-order valence-electron chi connectivity index (χ2n) is 7.36. The number of hydrazone groups is 1. The molecule has 1 aliphatic heterocycles. The van der Waals surface area contributed by atoms with Crippen LogP contribution in [-0.2, 0) is 4.79 Å². The number of aromatic nitrogens is 1. The number of nitrogens with zero attached hydrogens (tertiary/aromatic N) is 3. The summed E-state index contributed by atoms with van der Waals surface area (Å²) in [6.07, 6.45) is 0.499. The van der Waals surface area contributed by atoms with E-state index in [2.05, 4.69) is 10.1 Å². The number of carbonyl (C=O) groups is 1. The Bertz CT molecular complexity index is 1210. The molecule has 0 fully saturated rings. The summed E-state index contributed by atoms with van der Waals surface area (Å²) in [6.45, 7) is 3.99. The van der Waals surface area contributed by atoms with Crippen LogP contribution in [-0.4, -0.2) is 42.4 Å². The fraction of sp³-hybridized carbons (Fsp3) is 0.292. The first-order valence-electron chi connectivity index (χ1n) is 10.3. The monoisotopic (exact) mass is 453 g/mol. The third-order valence-corrected chi connectivity index (χ3v) is 5.69. The molecule has 4 rings (SSSR count). The lowest BCUT2D eigenvalue weighted by Gasteiger charge is -2.21. The summed E-state index contributed by atoms with van der Waals surface area (Å²) in [5, 5.41) is 7.32. The first-order chi connectivity index (χ1) is 15.4. The van der Waals surface area contributed by atoms with Gasteiger partial charge in [-0.05, 0) is 43.3 Å². The van der Waals surface area contributed by atoms with Crippen LogP contribution >= 0.6 is 11.6 Å². The molecule has 0 radical (unpaired) electrons. The van der Waals surface area contributed by atoms with Gasteiger partial charge in [-0.1, -0.05) is 11.6 Å². The van der Waals surface area contributed by atoms with Crippen LogP contribution in [0.4, 0.5) is 0 Å². The fourth-order valence-electron chi connectivity index (χ4n) is 3.86. The highest BCUT2D eigenvalue weighted by molar-refractivity contribution is 6.30. The molecular formula is C24H24ClN3O4. The van der Waals surface area contributed by atoms with Crippen LogP contribution in [0.15, 0.2) is 47.6 Å². The van der Waals surface area contributed by atoms with E-state index in [1.165, 1.54) is 11.9 Å². The van der Waals surface area contributed by atoms with Crippen LogP contribution < -0.4 is 14.2 Å². The lowest BCUT2D eigenvalue weighted by molar-refractivity contribution is -0.130. The number of rotatable bonds is 6. The molecule has 0 bridgehead atoms. The van der Waals surface area contributed by atoms with Crippen molar-refractivity contribution in [2.24, 2.45) is 5.10 Å². The number of halogens is 1. The minimum Gasteiger partial charge on any atom is -0.494 e. The van der Waals surface area contributed by atoms with E-state index in [4.69, 9.17) is 25.8 Å². The molecule has 0 unspecified atom stereocenters. The number of ether oxygens (including phenoxy) is 3. The molecule has 2 aromatic carbocycles. The van der Waals surface area contributed by atoms with E-state index in [1.807, 2.05) is 49.4 Å². The van der Waals surface area contributed by atoms with Gasteiger partial charge in [0.05, 0.1) is 38.1 Å². The molecule has 1 aromatic heterocycles. The zero-order chi connectivity index (χ0) is 22.8. The molecule has 32 heavy (non-hydrogen) atoms. The predicted octanol–water partition coefficient (Wildman–Crippen LogP) is 5.00. The summed E-state index contributed by atoms with van der Waals surface area (Å²) in [5.41, 5.74) is 3.09. The molecule has 0 spiro atoms. The van der Waals surface area contributed by atoms with Crippen molar-refractivity contribution in [2.75, 3.05) is 20.8 Å². The van der Waals surface area contributed by atoms with Gasteiger partial charge >= 0.3 is 0 Å². The highest BCUT2D eigenvalue weighted by atomic mass is 35.5. The van der Waals surface area contributed by atoms with Crippen molar-refractivity contribution in [3.63, 3.8) is 0 Å². The second kappa shape index (κ2) is 9.04. The summed E-state index contributed by atoms with van der Waals surface area (Å²) in [4.78, 5) is 17.0. The number of methoxy groups -OCH3 is 2. The second-order valence-corrected chi connectivity index (χ2v) is 7.71. The summed E-state index contributed by atoms with van der Waals surface area (Å²) in [5.74, 6) is 1.79. The standard InChI is InChI=1S/C24H24ClN3O4/c1-5-32-17-8-6-15-10-18(24(25)26-19(15)12-17)21-13-20(27-28(21)14(2)29)16-7-9-22(30-3)23(11-16)31-4/h6-12,21H,5,13H2,1-4H3/t21-/m0/s1. The highest BCUT2D eigenvalue weighted by Crippen LogP contribution is 2.38. The average molecular weight is 454 g/mol. The van der Waals surface area contributed by atoms with Crippen LogP contribution in [0.5, 0.6) is 17.2 Å². The van der Waals surface area contributed by atoms with E-state index in [9.17, 15) is 4.79 Å². The third-order valence-electron chi connectivity index (χ3n) is 5.39. The normalized spacial score (nSPS) is 15.6. The Hall–Kier alpha value is -3.32. The van der Waals surface area contributed by atoms with Gasteiger partial charge in [0, 0.05) is 35.9 Å². The van der Waals surface area contributed by atoms with Gasteiger partial charge in [-0.15, -0.1) is 0 Å². The van der Waals surface area contributed by atoms with E-state index in [-0.39, 0.29) is 11.9 Å². The Labute approximate surface area is 191 Å². The van der Waals surface area contributed by atoms with Crippen molar-refractivity contribution in [1.29, 1.82) is 0 Å². The molecule has 1 atom stereocenters. The first kappa shape index (κ1) is 21.9. The third kappa shape index (κ3) is 4.08. The molecule has 8 heteroatoms. The molecule has 7 nitrogen and oxygen atoms in total. The van der Waals surface area contributed by atoms with Crippen molar-refractivity contribution in [3.05, 3.63) is 58.7 Å². The maximum atomic E-state index is 12.4. The Morgan fingerprint density at radius 2 is 1.91 bits per heavy atom. The van der Waals surface area contributed by atoms with Gasteiger partial charge < -0.3 is 14.2 Å². The summed E-state index contributed by atoms with van der Waals surface area (Å²) in [6, 6.07) is 12.9. The molecule has 1 aliphatic rings. The number of benzene rings is 2. The van der Waals surface area contributed by atoms with Crippen molar-refractivity contribution >= 4 is 34.1 Å². The zero-order valence-corrected chi connectivity index (χ0v) is 19.1. The Balaban J connectivity index is 1.71. The molecule has 0 saturated heterocycles. The lowest BCUT2D eigenvalue weighted by atomic mass is 9.98. The van der Waals surface area contributed by atoms with E-state index in [0.29, 0.717) is 29.7 Å².